The maximum Gasteiger partial charge on any atom is 0.245 e. The molecule has 2 aliphatic heterocycles. The second-order valence-corrected chi connectivity index (χ2v) is 9.78. The third kappa shape index (κ3) is 3.21. The van der Waals surface area contributed by atoms with Gasteiger partial charge >= 0.3 is 0 Å². The fraction of sp³-hybridized carbons (Fsp3) is 0.333. The zero-order valence-corrected chi connectivity index (χ0v) is 16.7. The van der Waals surface area contributed by atoms with E-state index in [4.69, 9.17) is 11.6 Å². The molecule has 0 radical (unpaired) electrons. The molecule has 2 aliphatic rings. The Bertz CT molecular complexity index is 902. The minimum absolute atomic E-state index is 0.220. The summed E-state index contributed by atoms with van der Waals surface area (Å²) in [6.45, 7) is 1.77. The molecule has 1 saturated heterocycles. The van der Waals surface area contributed by atoms with Gasteiger partial charge in [-0.15, -0.1) is 0 Å². The SMILES string of the molecule is O=S1(=O)c2ccc(Br)cc2N2CCC[C@@H]2CN1Cc1ccc(Cl)cc1. The lowest BCUT2D eigenvalue weighted by atomic mass is 10.2. The van der Waals surface area contributed by atoms with E-state index >= 15 is 0 Å². The van der Waals surface area contributed by atoms with Gasteiger partial charge in [0.15, 0.2) is 0 Å². The normalized spacial score (nSPS) is 22.3. The van der Waals surface area contributed by atoms with Crippen molar-refractivity contribution < 1.29 is 8.42 Å². The van der Waals surface area contributed by atoms with Gasteiger partial charge in [0.05, 0.1) is 5.69 Å². The second kappa shape index (κ2) is 6.58. The van der Waals surface area contributed by atoms with Crippen LogP contribution in [0, 0.1) is 0 Å². The average Bonchev–Trinajstić information content (AvgIpc) is 3.01. The summed E-state index contributed by atoms with van der Waals surface area (Å²) in [4.78, 5) is 2.65. The Balaban J connectivity index is 1.78. The molecule has 25 heavy (non-hydrogen) atoms. The van der Waals surface area contributed by atoms with Crippen molar-refractivity contribution in [1.82, 2.24) is 4.31 Å². The predicted molar refractivity (Wildman–Crippen MR) is 104 cm³/mol. The lowest BCUT2D eigenvalue weighted by Crippen LogP contribution is -2.39. The van der Waals surface area contributed by atoms with E-state index in [2.05, 4.69) is 20.8 Å². The summed E-state index contributed by atoms with van der Waals surface area (Å²) in [5, 5.41) is 0.652. The Hall–Kier alpha value is -1.08. The Labute approximate surface area is 161 Å². The highest BCUT2D eigenvalue weighted by Gasteiger charge is 2.39. The molecule has 7 heteroatoms. The number of nitrogens with zero attached hydrogens (tertiary/aromatic N) is 2. The standard InChI is InChI=1S/C18H18BrClN2O2S/c19-14-5-8-18-17(10-14)22-9-1-2-16(22)12-21(25(18,23)24)11-13-3-6-15(20)7-4-13/h3-8,10,16H,1-2,9,11-12H2/t16-/m1/s1. The van der Waals surface area contributed by atoms with E-state index in [0.29, 0.717) is 23.0 Å². The highest BCUT2D eigenvalue weighted by Crippen LogP contribution is 2.39. The number of benzene rings is 2. The molecule has 4 nitrogen and oxygen atoms in total. The third-order valence-corrected chi connectivity index (χ3v) is 7.52. The summed E-state index contributed by atoms with van der Waals surface area (Å²) < 4.78 is 29.1. The Morgan fingerprint density at radius 3 is 2.68 bits per heavy atom. The number of fused-ring (bicyclic) bond motifs is 3. The summed E-state index contributed by atoms with van der Waals surface area (Å²) in [6, 6.07) is 13.0. The number of sulfonamides is 1. The van der Waals surface area contributed by atoms with Crippen molar-refractivity contribution in [3.05, 3.63) is 57.5 Å². The van der Waals surface area contributed by atoms with Crippen molar-refractivity contribution in [2.24, 2.45) is 0 Å². The highest BCUT2D eigenvalue weighted by atomic mass is 79.9. The number of halogens is 2. The maximum absolute atomic E-state index is 13.3. The fourth-order valence-electron chi connectivity index (χ4n) is 3.69. The second-order valence-electron chi connectivity index (χ2n) is 6.53. The highest BCUT2D eigenvalue weighted by molar-refractivity contribution is 9.10. The summed E-state index contributed by atoms with van der Waals surface area (Å²) in [7, 11) is -3.55. The van der Waals surface area contributed by atoms with Crippen LogP contribution in [-0.2, 0) is 16.6 Å². The van der Waals surface area contributed by atoms with Crippen molar-refractivity contribution in [3.63, 3.8) is 0 Å². The van der Waals surface area contributed by atoms with Gasteiger partial charge in [0.2, 0.25) is 10.0 Å². The Morgan fingerprint density at radius 1 is 1.16 bits per heavy atom. The van der Waals surface area contributed by atoms with E-state index in [0.717, 1.165) is 35.1 Å². The molecule has 132 valence electrons. The molecule has 2 aromatic carbocycles. The molecule has 0 bridgehead atoms. The van der Waals surface area contributed by atoms with Crippen LogP contribution in [0.3, 0.4) is 0 Å². The van der Waals surface area contributed by atoms with Crippen LogP contribution in [-0.4, -0.2) is 31.9 Å². The number of anilines is 1. The molecule has 0 N–H and O–H groups in total. The Morgan fingerprint density at radius 2 is 1.92 bits per heavy atom. The van der Waals surface area contributed by atoms with Crippen LogP contribution in [0.1, 0.15) is 18.4 Å². The first-order valence-electron chi connectivity index (χ1n) is 8.26. The quantitative estimate of drug-likeness (QED) is 0.698. The maximum atomic E-state index is 13.3. The number of hydrogen-bond acceptors (Lipinski definition) is 3. The number of hydrogen-bond donors (Lipinski definition) is 0. The lowest BCUT2D eigenvalue weighted by Gasteiger charge is -2.26. The van der Waals surface area contributed by atoms with E-state index in [1.54, 1.807) is 28.6 Å². The minimum Gasteiger partial charge on any atom is -0.366 e. The van der Waals surface area contributed by atoms with Gasteiger partial charge in [-0.2, -0.15) is 4.31 Å². The van der Waals surface area contributed by atoms with Crippen molar-refractivity contribution in [2.45, 2.75) is 30.3 Å². The molecule has 0 unspecified atom stereocenters. The van der Waals surface area contributed by atoms with E-state index in [-0.39, 0.29) is 6.04 Å². The van der Waals surface area contributed by atoms with Crippen molar-refractivity contribution >= 4 is 43.2 Å². The summed E-state index contributed by atoms with van der Waals surface area (Å²) in [6.07, 6.45) is 2.10. The molecule has 1 fully saturated rings. The van der Waals surface area contributed by atoms with Crippen molar-refractivity contribution in [2.75, 3.05) is 18.0 Å². The molecule has 2 heterocycles. The zero-order chi connectivity index (χ0) is 17.6. The van der Waals surface area contributed by atoms with Gasteiger partial charge in [-0.3, -0.25) is 0 Å². The van der Waals surface area contributed by atoms with Crippen LogP contribution in [0.2, 0.25) is 5.02 Å². The van der Waals surface area contributed by atoms with E-state index in [1.165, 1.54) is 0 Å². The van der Waals surface area contributed by atoms with Crippen molar-refractivity contribution in [3.8, 4) is 0 Å². The third-order valence-electron chi connectivity index (χ3n) is 4.91. The molecular formula is C18H18BrClN2O2S. The molecular weight excluding hydrogens is 424 g/mol. The number of rotatable bonds is 2. The topological polar surface area (TPSA) is 40.6 Å². The van der Waals surface area contributed by atoms with Crippen LogP contribution in [0.5, 0.6) is 0 Å². The molecule has 0 amide bonds. The molecule has 0 spiro atoms. The van der Waals surface area contributed by atoms with Crippen molar-refractivity contribution in [1.29, 1.82) is 0 Å². The summed E-state index contributed by atoms with van der Waals surface area (Å²) >= 11 is 9.43. The van der Waals surface area contributed by atoms with Gasteiger partial charge in [0.25, 0.3) is 0 Å². The monoisotopic (exact) mass is 440 g/mol. The zero-order valence-electron chi connectivity index (χ0n) is 13.5. The van der Waals surface area contributed by atoms with Gasteiger partial charge in [-0.25, -0.2) is 8.42 Å². The van der Waals surface area contributed by atoms with Gasteiger partial charge in [-0.1, -0.05) is 39.7 Å². The average molecular weight is 442 g/mol. The molecule has 0 aliphatic carbocycles. The summed E-state index contributed by atoms with van der Waals surface area (Å²) in [5.74, 6) is 0. The van der Waals surface area contributed by atoms with E-state index < -0.39 is 10.0 Å². The van der Waals surface area contributed by atoms with Gasteiger partial charge < -0.3 is 4.90 Å². The smallest absolute Gasteiger partial charge is 0.245 e. The molecule has 4 rings (SSSR count). The van der Waals surface area contributed by atoms with Crippen LogP contribution in [0.4, 0.5) is 5.69 Å². The Kier molecular flexibility index (Phi) is 4.56. The van der Waals surface area contributed by atoms with Crippen LogP contribution in [0.15, 0.2) is 51.8 Å². The van der Waals surface area contributed by atoms with E-state index in [9.17, 15) is 8.42 Å². The van der Waals surface area contributed by atoms with Crippen LogP contribution < -0.4 is 4.90 Å². The molecule has 0 aromatic heterocycles. The van der Waals surface area contributed by atoms with Crippen LogP contribution in [0.25, 0.3) is 0 Å². The molecule has 1 atom stereocenters. The summed E-state index contributed by atoms with van der Waals surface area (Å²) in [5.41, 5.74) is 1.76. The largest absolute Gasteiger partial charge is 0.366 e. The van der Waals surface area contributed by atoms with Gasteiger partial charge in [-0.05, 0) is 48.7 Å². The first kappa shape index (κ1) is 17.3. The fourth-order valence-corrected chi connectivity index (χ4v) is 5.81. The minimum atomic E-state index is -3.55. The van der Waals surface area contributed by atoms with Gasteiger partial charge in [0, 0.05) is 35.2 Å². The van der Waals surface area contributed by atoms with Gasteiger partial charge in [0.1, 0.15) is 4.90 Å². The predicted octanol–water partition coefficient (Wildman–Crippen LogP) is 4.28. The first-order valence-corrected chi connectivity index (χ1v) is 10.9. The molecule has 2 aromatic rings. The first-order chi connectivity index (χ1) is 11.9. The van der Waals surface area contributed by atoms with E-state index in [1.807, 2.05) is 18.2 Å². The van der Waals surface area contributed by atoms with Crippen LogP contribution >= 0.6 is 27.5 Å². The lowest BCUT2D eigenvalue weighted by molar-refractivity contribution is 0.383. The molecule has 0 saturated carbocycles.